The zero-order valence-corrected chi connectivity index (χ0v) is 7.24. The SMILES string of the molecule is NCCc1cc(F)cc([N+](=O)[O-])c1O. The first-order valence-electron chi connectivity index (χ1n) is 3.92. The van der Waals surface area contributed by atoms with Crippen LogP contribution in [0.1, 0.15) is 5.56 Å². The van der Waals surface area contributed by atoms with Crippen molar-refractivity contribution in [2.24, 2.45) is 5.73 Å². The first-order valence-corrected chi connectivity index (χ1v) is 3.92. The summed E-state index contributed by atoms with van der Waals surface area (Å²) in [4.78, 5) is 9.54. The average molecular weight is 200 g/mol. The molecule has 3 N–H and O–H groups in total. The third-order valence-corrected chi connectivity index (χ3v) is 1.74. The van der Waals surface area contributed by atoms with E-state index in [1.807, 2.05) is 0 Å². The van der Waals surface area contributed by atoms with Crippen molar-refractivity contribution in [1.29, 1.82) is 0 Å². The van der Waals surface area contributed by atoms with E-state index in [9.17, 15) is 19.6 Å². The number of benzene rings is 1. The third-order valence-electron chi connectivity index (χ3n) is 1.74. The smallest absolute Gasteiger partial charge is 0.313 e. The van der Waals surface area contributed by atoms with E-state index < -0.39 is 22.2 Å². The van der Waals surface area contributed by atoms with E-state index in [2.05, 4.69) is 0 Å². The van der Waals surface area contributed by atoms with Crippen molar-refractivity contribution in [3.05, 3.63) is 33.6 Å². The Bertz CT molecular complexity index is 368. The summed E-state index contributed by atoms with van der Waals surface area (Å²) in [7, 11) is 0. The molecule has 0 spiro atoms. The standard InChI is InChI=1S/C8H9FN2O3/c9-6-3-5(1-2-10)8(12)7(4-6)11(13)14/h3-4,12H,1-2,10H2. The highest BCUT2D eigenvalue weighted by molar-refractivity contribution is 5.51. The first-order chi connectivity index (χ1) is 6.56. The van der Waals surface area contributed by atoms with Gasteiger partial charge in [-0.2, -0.15) is 0 Å². The van der Waals surface area contributed by atoms with Crippen molar-refractivity contribution in [2.45, 2.75) is 6.42 Å². The fourth-order valence-electron chi connectivity index (χ4n) is 1.13. The fourth-order valence-corrected chi connectivity index (χ4v) is 1.13. The van der Waals surface area contributed by atoms with Crippen molar-refractivity contribution in [3.8, 4) is 5.75 Å². The molecular weight excluding hydrogens is 191 g/mol. The molecule has 0 fully saturated rings. The largest absolute Gasteiger partial charge is 0.502 e. The lowest BCUT2D eigenvalue weighted by Crippen LogP contribution is -2.04. The second-order valence-corrected chi connectivity index (χ2v) is 2.73. The Labute approximate surface area is 79.1 Å². The Kier molecular flexibility index (Phi) is 2.98. The molecule has 76 valence electrons. The summed E-state index contributed by atoms with van der Waals surface area (Å²) in [6.45, 7) is 0.189. The molecule has 0 radical (unpaired) electrons. The highest BCUT2D eigenvalue weighted by Gasteiger charge is 2.18. The van der Waals surface area contributed by atoms with Gasteiger partial charge >= 0.3 is 5.69 Å². The summed E-state index contributed by atoms with van der Waals surface area (Å²) in [6.07, 6.45) is 0.199. The van der Waals surface area contributed by atoms with Crippen molar-refractivity contribution in [1.82, 2.24) is 0 Å². The third kappa shape index (κ3) is 1.97. The van der Waals surface area contributed by atoms with Crippen LogP contribution in [0, 0.1) is 15.9 Å². The van der Waals surface area contributed by atoms with Crippen LogP contribution >= 0.6 is 0 Å². The predicted molar refractivity (Wildman–Crippen MR) is 47.5 cm³/mol. The number of rotatable bonds is 3. The number of hydrogen-bond donors (Lipinski definition) is 2. The molecule has 0 aromatic heterocycles. The predicted octanol–water partition coefficient (Wildman–Crippen LogP) is 0.941. The van der Waals surface area contributed by atoms with Gasteiger partial charge in [-0.25, -0.2) is 4.39 Å². The van der Waals surface area contributed by atoms with Gasteiger partial charge in [0.2, 0.25) is 0 Å². The Hall–Kier alpha value is -1.69. The molecule has 1 aromatic carbocycles. The Morgan fingerprint density at radius 2 is 2.21 bits per heavy atom. The maximum Gasteiger partial charge on any atom is 0.313 e. The summed E-state index contributed by atoms with van der Waals surface area (Å²) in [6, 6.07) is 1.71. The van der Waals surface area contributed by atoms with E-state index in [0.29, 0.717) is 6.07 Å². The number of phenolic OH excluding ortho intramolecular Hbond substituents is 1. The van der Waals surface area contributed by atoms with Crippen molar-refractivity contribution >= 4 is 5.69 Å². The van der Waals surface area contributed by atoms with E-state index in [1.165, 1.54) is 0 Å². The highest BCUT2D eigenvalue weighted by atomic mass is 19.1. The molecule has 0 saturated heterocycles. The number of nitro benzene ring substituents is 1. The summed E-state index contributed by atoms with van der Waals surface area (Å²) >= 11 is 0. The van der Waals surface area contributed by atoms with Crippen LogP contribution in [0.4, 0.5) is 10.1 Å². The van der Waals surface area contributed by atoms with E-state index in [0.717, 1.165) is 6.07 Å². The second kappa shape index (κ2) is 4.01. The summed E-state index contributed by atoms with van der Waals surface area (Å²) in [5.41, 5.74) is 4.72. The lowest BCUT2D eigenvalue weighted by Gasteiger charge is -2.03. The van der Waals surface area contributed by atoms with E-state index in [-0.39, 0.29) is 18.5 Å². The van der Waals surface area contributed by atoms with Gasteiger partial charge in [0.05, 0.1) is 11.0 Å². The minimum Gasteiger partial charge on any atom is -0.502 e. The molecule has 0 unspecified atom stereocenters. The van der Waals surface area contributed by atoms with Crippen molar-refractivity contribution < 1.29 is 14.4 Å². The van der Waals surface area contributed by atoms with Gasteiger partial charge in [-0.1, -0.05) is 0 Å². The number of nitrogens with two attached hydrogens (primary N) is 1. The molecule has 6 heteroatoms. The summed E-state index contributed by atoms with van der Waals surface area (Å²) in [5, 5.41) is 19.7. The van der Waals surface area contributed by atoms with Gasteiger partial charge in [-0.05, 0) is 19.0 Å². The lowest BCUT2D eigenvalue weighted by atomic mass is 10.1. The number of nitro groups is 1. The maximum atomic E-state index is 12.8. The van der Waals surface area contributed by atoms with Gasteiger partial charge in [-0.3, -0.25) is 10.1 Å². The van der Waals surface area contributed by atoms with Gasteiger partial charge < -0.3 is 10.8 Å². The van der Waals surface area contributed by atoms with Gasteiger partial charge in [0.1, 0.15) is 5.82 Å². The molecule has 14 heavy (non-hydrogen) atoms. The van der Waals surface area contributed by atoms with E-state index >= 15 is 0 Å². The molecule has 0 saturated carbocycles. The van der Waals surface area contributed by atoms with Gasteiger partial charge in [-0.15, -0.1) is 0 Å². The molecule has 0 aliphatic carbocycles. The van der Waals surface area contributed by atoms with E-state index in [1.54, 1.807) is 0 Å². The lowest BCUT2D eigenvalue weighted by molar-refractivity contribution is -0.386. The molecule has 0 atom stereocenters. The van der Waals surface area contributed by atoms with Crippen LogP contribution in [-0.2, 0) is 6.42 Å². The second-order valence-electron chi connectivity index (χ2n) is 2.73. The number of nitrogens with zero attached hydrogens (tertiary/aromatic N) is 1. The van der Waals surface area contributed by atoms with Crippen LogP contribution in [0.2, 0.25) is 0 Å². The number of phenols is 1. The van der Waals surface area contributed by atoms with Crippen LogP contribution < -0.4 is 5.73 Å². The van der Waals surface area contributed by atoms with Crippen molar-refractivity contribution in [2.75, 3.05) is 6.54 Å². The molecule has 0 heterocycles. The fraction of sp³-hybridized carbons (Fsp3) is 0.250. The molecular formula is C8H9FN2O3. The molecule has 0 aliphatic heterocycles. The Morgan fingerprint density at radius 3 is 2.71 bits per heavy atom. The summed E-state index contributed by atoms with van der Waals surface area (Å²) < 4.78 is 12.8. The van der Waals surface area contributed by atoms with Crippen molar-refractivity contribution in [3.63, 3.8) is 0 Å². The average Bonchev–Trinajstić information content (AvgIpc) is 2.10. The van der Waals surface area contributed by atoms with Crippen LogP contribution in [0.3, 0.4) is 0 Å². The number of halogens is 1. The number of aromatic hydroxyl groups is 1. The van der Waals surface area contributed by atoms with Crippen LogP contribution in [0.25, 0.3) is 0 Å². The van der Waals surface area contributed by atoms with Crippen LogP contribution in [0.5, 0.6) is 5.75 Å². The molecule has 0 amide bonds. The minimum atomic E-state index is -0.835. The first kappa shape index (κ1) is 10.4. The Morgan fingerprint density at radius 1 is 1.57 bits per heavy atom. The normalized spacial score (nSPS) is 10.1. The minimum absolute atomic E-state index is 0.152. The highest BCUT2D eigenvalue weighted by Crippen LogP contribution is 2.30. The van der Waals surface area contributed by atoms with E-state index in [4.69, 9.17) is 5.73 Å². The molecule has 1 aromatic rings. The molecule has 0 bridgehead atoms. The quantitative estimate of drug-likeness (QED) is 0.561. The van der Waals surface area contributed by atoms with Gasteiger partial charge in [0.15, 0.2) is 5.75 Å². The maximum absolute atomic E-state index is 12.8. The summed E-state index contributed by atoms with van der Waals surface area (Å²) in [5.74, 6) is -1.26. The van der Waals surface area contributed by atoms with Crippen LogP contribution in [0.15, 0.2) is 12.1 Å². The molecule has 0 aliphatic rings. The van der Waals surface area contributed by atoms with Gasteiger partial charge in [0, 0.05) is 5.56 Å². The zero-order chi connectivity index (χ0) is 10.7. The zero-order valence-electron chi connectivity index (χ0n) is 7.24. The molecule has 5 nitrogen and oxygen atoms in total. The topological polar surface area (TPSA) is 89.4 Å². The van der Waals surface area contributed by atoms with Gasteiger partial charge in [0.25, 0.3) is 0 Å². The Balaban J connectivity index is 3.24. The number of hydrogen-bond acceptors (Lipinski definition) is 4. The monoisotopic (exact) mass is 200 g/mol. The molecule has 1 rings (SSSR count). The van der Waals surface area contributed by atoms with Crippen LogP contribution in [-0.4, -0.2) is 16.6 Å².